The second-order valence-corrected chi connectivity index (χ2v) is 9.80. The fourth-order valence-corrected chi connectivity index (χ4v) is 6.54. The van der Waals surface area contributed by atoms with Gasteiger partial charge in [0.2, 0.25) is 5.91 Å². The molecule has 3 heterocycles. The number of hydroxylamine groups is 1. The highest BCUT2D eigenvalue weighted by atomic mass is 32.2. The van der Waals surface area contributed by atoms with E-state index in [2.05, 4.69) is 17.6 Å². The third-order valence-electron chi connectivity index (χ3n) is 5.18. The molecule has 4 rings (SSSR count). The van der Waals surface area contributed by atoms with Crippen molar-refractivity contribution in [2.45, 2.75) is 49.6 Å². The minimum absolute atomic E-state index is 0.111. The maximum Gasteiger partial charge on any atom is 0.245 e. The first-order chi connectivity index (χ1) is 13.6. The van der Waals surface area contributed by atoms with Gasteiger partial charge < -0.3 is 4.74 Å². The van der Waals surface area contributed by atoms with Crippen LogP contribution < -0.4 is 5.48 Å². The number of nitrogens with one attached hydrogen (secondary N) is 1. The van der Waals surface area contributed by atoms with Crippen LogP contribution in [0.5, 0.6) is 0 Å². The molecule has 2 atom stereocenters. The quantitative estimate of drug-likeness (QED) is 0.648. The Morgan fingerprint density at radius 1 is 1.21 bits per heavy atom. The fourth-order valence-electron chi connectivity index (χ4n) is 3.70. The summed E-state index contributed by atoms with van der Waals surface area (Å²) in [4.78, 5) is 20.3. The Hall–Kier alpha value is -1.41. The lowest BCUT2D eigenvalue weighted by molar-refractivity contribution is -0.200. The first-order valence-corrected chi connectivity index (χ1v) is 11.5. The van der Waals surface area contributed by atoms with Gasteiger partial charge in [-0.05, 0) is 61.3 Å². The molecular weight excluding hydrogens is 397 g/mol. The summed E-state index contributed by atoms with van der Waals surface area (Å²) in [5.74, 6) is 0.700. The molecule has 150 valence electrons. The van der Waals surface area contributed by atoms with Crippen LogP contribution in [-0.2, 0) is 19.1 Å². The average Bonchev–Trinajstić information content (AvgIpc) is 3.38. The fraction of sp³-hybridized carbons (Fsp3) is 0.476. The highest BCUT2D eigenvalue weighted by Crippen LogP contribution is 2.52. The molecule has 2 aliphatic heterocycles. The number of halogens is 1. The number of carbonyl (C=O) groups is 1. The maximum absolute atomic E-state index is 13.2. The van der Waals surface area contributed by atoms with Crippen molar-refractivity contribution in [2.24, 2.45) is 0 Å². The highest BCUT2D eigenvalue weighted by Gasteiger charge is 2.40. The van der Waals surface area contributed by atoms with Gasteiger partial charge in [0.1, 0.15) is 5.82 Å². The number of carbonyl (C=O) groups excluding carboxylic acids is 1. The molecule has 0 saturated carbocycles. The Morgan fingerprint density at radius 2 is 2.07 bits per heavy atom. The van der Waals surface area contributed by atoms with E-state index in [-0.39, 0.29) is 22.8 Å². The van der Waals surface area contributed by atoms with Gasteiger partial charge in [-0.3, -0.25) is 4.79 Å². The molecule has 0 bridgehead atoms. The van der Waals surface area contributed by atoms with Crippen molar-refractivity contribution in [3.63, 3.8) is 0 Å². The largest absolute Gasteiger partial charge is 0.350 e. The SMILES string of the molecule is O=C(C[C@]1(c2ccc(-c3ccc(F)cc3)s2)CCCS1)NOC1CCCCO1. The van der Waals surface area contributed by atoms with Crippen LogP contribution in [0.4, 0.5) is 4.39 Å². The maximum atomic E-state index is 13.2. The number of thiophene rings is 1. The minimum atomic E-state index is -0.336. The summed E-state index contributed by atoms with van der Waals surface area (Å²) in [5, 5.41) is 0. The van der Waals surface area contributed by atoms with Gasteiger partial charge in [-0.1, -0.05) is 12.1 Å². The van der Waals surface area contributed by atoms with E-state index >= 15 is 0 Å². The van der Waals surface area contributed by atoms with Gasteiger partial charge in [0.25, 0.3) is 0 Å². The van der Waals surface area contributed by atoms with Crippen molar-refractivity contribution >= 4 is 29.0 Å². The molecule has 7 heteroatoms. The molecule has 0 radical (unpaired) electrons. The molecule has 1 aromatic carbocycles. The van der Waals surface area contributed by atoms with Crippen molar-refractivity contribution in [1.82, 2.24) is 5.48 Å². The van der Waals surface area contributed by atoms with Gasteiger partial charge in [0, 0.05) is 29.2 Å². The standard InChI is InChI=1S/C21H24FNO3S2/c22-16-7-5-15(6-8-16)17-9-10-18(28-17)21(11-3-13-27-21)14-19(24)23-26-20-4-1-2-12-25-20/h5-10,20H,1-4,11-14H2,(H,23,24)/t20?,21-/m0/s1. The number of ether oxygens (including phenoxy) is 1. The van der Waals surface area contributed by atoms with Crippen molar-refractivity contribution in [3.8, 4) is 10.4 Å². The van der Waals surface area contributed by atoms with Crippen molar-refractivity contribution in [3.05, 3.63) is 47.1 Å². The summed E-state index contributed by atoms with van der Waals surface area (Å²) in [5.41, 5.74) is 3.60. The molecule has 1 aromatic heterocycles. The summed E-state index contributed by atoms with van der Waals surface area (Å²) >= 11 is 3.53. The first-order valence-electron chi connectivity index (χ1n) is 9.71. The van der Waals surface area contributed by atoms with E-state index in [1.54, 1.807) is 23.5 Å². The van der Waals surface area contributed by atoms with Crippen LogP contribution in [0.2, 0.25) is 0 Å². The Morgan fingerprint density at radius 3 is 2.79 bits per heavy atom. The van der Waals surface area contributed by atoms with Crippen LogP contribution in [0.25, 0.3) is 10.4 Å². The molecule has 2 fully saturated rings. The number of hydrogen-bond acceptors (Lipinski definition) is 5. The number of thioether (sulfide) groups is 1. The van der Waals surface area contributed by atoms with Gasteiger partial charge in [0.05, 0.1) is 4.75 Å². The van der Waals surface area contributed by atoms with E-state index in [1.807, 2.05) is 11.8 Å². The van der Waals surface area contributed by atoms with Crippen LogP contribution >= 0.6 is 23.1 Å². The van der Waals surface area contributed by atoms with Crippen LogP contribution in [0.1, 0.15) is 43.4 Å². The van der Waals surface area contributed by atoms with Gasteiger partial charge in [0.15, 0.2) is 6.29 Å². The van der Waals surface area contributed by atoms with Gasteiger partial charge in [-0.25, -0.2) is 14.7 Å². The predicted molar refractivity (Wildman–Crippen MR) is 111 cm³/mol. The first kappa shape index (κ1) is 19.9. The van der Waals surface area contributed by atoms with Crippen molar-refractivity contribution in [2.75, 3.05) is 12.4 Å². The van der Waals surface area contributed by atoms with Crippen LogP contribution in [0.15, 0.2) is 36.4 Å². The average molecular weight is 422 g/mol. The zero-order valence-electron chi connectivity index (χ0n) is 15.6. The molecule has 2 saturated heterocycles. The van der Waals surface area contributed by atoms with Crippen molar-refractivity contribution < 1.29 is 18.8 Å². The van der Waals surface area contributed by atoms with Crippen LogP contribution in [0, 0.1) is 5.82 Å². The Bertz CT molecular complexity index is 796. The second kappa shape index (κ2) is 8.95. The third kappa shape index (κ3) is 4.59. The normalized spacial score (nSPS) is 25.0. The van der Waals surface area contributed by atoms with Gasteiger partial charge >= 0.3 is 0 Å². The molecule has 4 nitrogen and oxygen atoms in total. The van der Waals surface area contributed by atoms with E-state index < -0.39 is 0 Å². The smallest absolute Gasteiger partial charge is 0.245 e. The van der Waals surface area contributed by atoms with Gasteiger partial charge in [-0.15, -0.1) is 23.1 Å². The van der Waals surface area contributed by atoms with E-state index in [9.17, 15) is 9.18 Å². The van der Waals surface area contributed by atoms with E-state index in [0.717, 1.165) is 48.3 Å². The lowest BCUT2D eigenvalue weighted by Crippen LogP contribution is -2.36. The van der Waals surface area contributed by atoms with Crippen molar-refractivity contribution in [1.29, 1.82) is 0 Å². The Balaban J connectivity index is 1.44. The molecule has 2 aliphatic rings. The molecule has 2 aromatic rings. The Labute approximate surface area is 172 Å². The van der Waals surface area contributed by atoms with Crippen LogP contribution in [0.3, 0.4) is 0 Å². The Kier molecular flexibility index (Phi) is 6.35. The molecule has 28 heavy (non-hydrogen) atoms. The highest BCUT2D eigenvalue weighted by molar-refractivity contribution is 8.00. The summed E-state index contributed by atoms with van der Waals surface area (Å²) in [7, 11) is 0. The molecular formula is C21H24FNO3S2. The number of rotatable bonds is 6. The number of amides is 1. The summed E-state index contributed by atoms with van der Waals surface area (Å²) < 4.78 is 18.5. The number of benzene rings is 1. The lowest BCUT2D eigenvalue weighted by atomic mass is 9.97. The molecule has 1 unspecified atom stereocenters. The van der Waals surface area contributed by atoms with E-state index in [4.69, 9.17) is 9.57 Å². The number of hydrogen-bond donors (Lipinski definition) is 1. The summed E-state index contributed by atoms with van der Waals surface area (Å²) in [6, 6.07) is 10.7. The van der Waals surface area contributed by atoms with Crippen LogP contribution in [-0.4, -0.2) is 24.6 Å². The predicted octanol–water partition coefficient (Wildman–Crippen LogP) is 5.24. The second-order valence-electron chi connectivity index (χ2n) is 7.23. The van der Waals surface area contributed by atoms with Gasteiger partial charge in [-0.2, -0.15) is 0 Å². The zero-order chi connectivity index (χ0) is 19.4. The molecule has 0 aliphatic carbocycles. The third-order valence-corrected chi connectivity index (χ3v) is 8.26. The zero-order valence-corrected chi connectivity index (χ0v) is 17.3. The van der Waals surface area contributed by atoms with E-state index in [0.29, 0.717) is 13.0 Å². The lowest BCUT2D eigenvalue weighted by Gasteiger charge is -2.27. The minimum Gasteiger partial charge on any atom is -0.350 e. The molecule has 0 spiro atoms. The summed E-state index contributed by atoms with van der Waals surface area (Å²) in [6.07, 6.45) is 5.02. The molecule has 1 N–H and O–H groups in total. The topological polar surface area (TPSA) is 47.6 Å². The monoisotopic (exact) mass is 421 g/mol. The summed E-state index contributed by atoms with van der Waals surface area (Å²) in [6.45, 7) is 0.682. The molecule has 1 amide bonds. The van der Waals surface area contributed by atoms with E-state index in [1.165, 1.54) is 17.0 Å².